The average Bonchev–Trinajstić information content (AvgIpc) is 2.49. The maximum absolute atomic E-state index is 13.3. The standard InChI is InChI=1S/C15H16FIN2O4/c1-15(2,6-16)9(5-20)11-10(17)3-7-12(21)8(14(22)23)4-18-13(7)19-11/h3-4,9,20H,5-6H2,1-2H3,(H,22,23)(H,18,19,21). The molecule has 2 rings (SSSR count). The van der Waals surface area contributed by atoms with E-state index in [0.29, 0.717) is 9.26 Å². The average molecular weight is 434 g/mol. The maximum Gasteiger partial charge on any atom is 0.341 e. The van der Waals surface area contributed by atoms with Crippen LogP contribution in [0.25, 0.3) is 11.0 Å². The number of pyridine rings is 2. The Labute approximate surface area is 144 Å². The molecular weight excluding hydrogens is 418 g/mol. The van der Waals surface area contributed by atoms with Gasteiger partial charge in [-0.05, 0) is 28.7 Å². The van der Waals surface area contributed by atoms with E-state index < -0.39 is 29.4 Å². The summed E-state index contributed by atoms with van der Waals surface area (Å²) in [6, 6.07) is 1.51. The lowest BCUT2D eigenvalue weighted by molar-refractivity contribution is 0.0695. The van der Waals surface area contributed by atoms with Gasteiger partial charge < -0.3 is 15.2 Å². The molecule has 2 heterocycles. The molecule has 0 radical (unpaired) electrons. The molecule has 0 aromatic carbocycles. The van der Waals surface area contributed by atoms with E-state index in [2.05, 4.69) is 9.97 Å². The summed E-state index contributed by atoms with van der Waals surface area (Å²) in [6.07, 6.45) is 1.09. The van der Waals surface area contributed by atoms with Gasteiger partial charge in [-0.25, -0.2) is 9.78 Å². The molecule has 1 atom stereocenters. The zero-order valence-corrected chi connectivity index (χ0v) is 14.7. The SMILES string of the molecule is CC(C)(CF)C(CO)c1nc2[nH]cc(C(=O)O)c(=O)c2cc1I. The fraction of sp³-hybridized carbons (Fsp3) is 0.400. The van der Waals surface area contributed by atoms with E-state index in [4.69, 9.17) is 5.11 Å². The Kier molecular flexibility index (Phi) is 5.04. The number of aliphatic hydroxyl groups is 1. The van der Waals surface area contributed by atoms with Gasteiger partial charge in [0.25, 0.3) is 0 Å². The van der Waals surface area contributed by atoms with Crippen LogP contribution >= 0.6 is 22.6 Å². The minimum Gasteiger partial charge on any atom is -0.477 e. The third-order valence-electron chi connectivity index (χ3n) is 3.88. The summed E-state index contributed by atoms with van der Waals surface area (Å²) in [4.78, 5) is 30.2. The Morgan fingerprint density at radius 2 is 2.17 bits per heavy atom. The molecule has 2 aromatic rings. The van der Waals surface area contributed by atoms with E-state index in [1.165, 1.54) is 6.07 Å². The number of carbonyl (C=O) groups is 1. The molecule has 0 bridgehead atoms. The first-order chi connectivity index (χ1) is 10.7. The Morgan fingerprint density at radius 1 is 1.52 bits per heavy atom. The Bertz CT molecular complexity index is 819. The number of H-pyrrole nitrogens is 1. The Balaban J connectivity index is 2.70. The number of hydrogen-bond donors (Lipinski definition) is 3. The van der Waals surface area contributed by atoms with Crippen LogP contribution in [0.3, 0.4) is 0 Å². The summed E-state index contributed by atoms with van der Waals surface area (Å²) < 4.78 is 13.9. The number of alkyl halides is 1. The van der Waals surface area contributed by atoms with Crippen LogP contribution < -0.4 is 5.43 Å². The van der Waals surface area contributed by atoms with Crippen molar-refractivity contribution in [2.75, 3.05) is 13.3 Å². The van der Waals surface area contributed by atoms with Gasteiger partial charge in [-0.15, -0.1) is 0 Å². The molecule has 0 aliphatic carbocycles. The predicted molar refractivity (Wildman–Crippen MR) is 91.6 cm³/mol. The van der Waals surface area contributed by atoms with Crippen molar-refractivity contribution in [3.8, 4) is 0 Å². The number of aromatic carboxylic acids is 1. The van der Waals surface area contributed by atoms with Crippen LogP contribution in [0.1, 0.15) is 35.8 Å². The third kappa shape index (κ3) is 3.23. The summed E-state index contributed by atoms with van der Waals surface area (Å²) in [6.45, 7) is 2.45. The highest BCUT2D eigenvalue weighted by Crippen LogP contribution is 2.37. The topological polar surface area (TPSA) is 103 Å². The van der Waals surface area contributed by atoms with Crippen LogP contribution in [-0.2, 0) is 0 Å². The van der Waals surface area contributed by atoms with Gasteiger partial charge in [-0.1, -0.05) is 13.8 Å². The van der Waals surface area contributed by atoms with Gasteiger partial charge >= 0.3 is 5.97 Å². The van der Waals surface area contributed by atoms with Crippen molar-refractivity contribution in [2.24, 2.45) is 5.41 Å². The number of carboxylic acids is 1. The molecular formula is C15H16FIN2O4. The summed E-state index contributed by atoms with van der Waals surface area (Å²) in [5.41, 5.74) is -1.14. The molecule has 0 saturated carbocycles. The van der Waals surface area contributed by atoms with Gasteiger partial charge in [-0.2, -0.15) is 0 Å². The van der Waals surface area contributed by atoms with Gasteiger partial charge in [0.2, 0.25) is 5.43 Å². The second kappa shape index (κ2) is 6.52. The fourth-order valence-corrected chi connectivity index (χ4v) is 3.15. The number of nitrogens with zero attached hydrogens (tertiary/aromatic N) is 1. The summed E-state index contributed by atoms with van der Waals surface area (Å²) in [5, 5.41) is 18.8. The largest absolute Gasteiger partial charge is 0.477 e. The molecule has 0 amide bonds. The van der Waals surface area contributed by atoms with Crippen LogP contribution in [0.2, 0.25) is 0 Å². The van der Waals surface area contributed by atoms with Gasteiger partial charge in [0, 0.05) is 21.1 Å². The number of rotatable bonds is 5. The molecule has 2 aromatic heterocycles. The zero-order valence-electron chi connectivity index (χ0n) is 12.6. The smallest absolute Gasteiger partial charge is 0.341 e. The molecule has 0 fully saturated rings. The van der Waals surface area contributed by atoms with Gasteiger partial charge in [0.1, 0.15) is 11.2 Å². The van der Waals surface area contributed by atoms with Crippen molar-refractivity contribution in [1.29, 1.82) is 0 Å². The second-order valence-corrected chi connectivity index (χ2v) is 7.11. The van der Waals surface area contributed by atoms with Crippen molar-refractivity contribution >= 4 is 39.6 Å². The highest BCUT2D eigenvalue weighted by molar-refractivity contribution is 14.1. The minimum atomic E-state index is -1.32. The van der Waals surface area contributed by atoms with Crippen LogP contribution in [0, 0.1) is 8.99 Å². The third-order valence-corrected chi connectivity index (χ3v) is 4.74. The Hall–Kier alpha value is -1.55. The van der Waals surface area contributed by atoms with Crippen LogP contribution in [0.5, 0.6) is 0 Å². The van der Waals surface area contributed by atoms with E-state index in [1.807, 2.05) is 22.6 Å². The number of aliphatic hydroxyl groups excluding tert-OH is 1. The second-order valence-electron chi connectivity index (χ2n) is 5.95. The predicted octanol–water partition coefficient (Wildman–Crippen LogP) is 2.30. The summed E-state index contributed by atoms with van der Waals surface area (Å²) >= 11 is 1.95. The van der Waals surface area contributed by atoms with E-state index in [-0.39, 0.29) is 23.2 Å². The van der Waals surface area contributed by atoms with Crippen LogP contribution in [-0.4, -0.2) is 39.4 Å². The summed E-state index contributed by atoms with van der Waals surface area (Å²) in [5.74, 6) is -1.87. The van der Waals surface area contributed by atoms with Crippen molar-refractivity contribution < 1.29 is 19.4 Å². The number of nitrogens with one attached hydrogen (secondary N) is 1. The number of aromatic nitrogens is 2. The van der Waals surface area contributed by atoms with Crippen LogP contribution in [0.4, 0.5) is 4.39 Å². The molecule has 1 unspecified atom stereocenters. The van der Waals surface area contributed by atoms with E-state index >= 15 is 0 Å². The first kappa shape index (κ1) is 17.8. The van der Waals surface area contributed by atoms with E-state index in [1.54, 1.807) is 13.8 Å². The van der Waals surface area contributed by atoms with E-state index in [9.17, 15) is 19.1 Å². The van der Waals surface area contributed by atoms with Crippen molar-refractivity contribution in [3.63, 3.8) is 0 Å². The van der Waals surface area contributed by atoms with Gasteiger partial charge in [-0.3, -0.25) is 9.18 Å². The molecule has 23 heavy (non-hydrogen) atoms. The quantitative estimate of drug-likeness (QED) is 0.627. The molecule has 8 heteroatoms. The van der Waals surface area contributed by atoms with Gasteiger partial charge in [0.05, 0.1) is 24.4 Å². The molecule has 0 aliphatic heterocycles. The zero-order chi connectivity index (χ0) is 17.4. The van der Waals surface area contributed by atoms with Gasteiger partial charge in [0.15, 0.2) is 0 Å². The first-order valence-corrected chi connectivity index (χ1v) is 7.92. The number of hydrogen-bond acceptors (Lipinski definition) is 4. The number of fused-ring (bicyclic) bond motifs is 1. The molecule has 0 spiro atoms. The minimum absolute atomic E-state index is 0.146. The number of halogens is 2. The van der Waals surface area contributed by atoms with Crippen molar-refractivity contribution in [3.05, 3.63) is 37.3 Å². The highest BCUT2D eigenvalue weighted by atomic mass is 127. The summed E-state index contributed by atoms with van der Waals surface area (Å²) in [7, 11) is 0. The lowest BCUT2D eigenvalue weighted by atomic mass is 9.78. The molecule has 0 aliphatic rings. The first-order valence-electron chi connectivity index (χ1n) is 6.85. The maximum atomic E-state index is 13.3. The fourth-order valence-electron chi connectivity index (χ4n) is 2.34. The monoisotopic (exact) mass is 434 g/mol. The van der Waals surface area contributed by atoms with Crippen molar-refractivity contribution in [2.45, 2.75) is 19.8 Å². The number of carboxylic acid groups (broad SMARTS) is 1. The molecule has 6 nitrogen and oxygen atoms in total. The van der Waals surface area contributed by atoms with Crippen LogP contribution in [0.15, 0.2) is 17.1 Å². The highest BCUT2D eigenvalue weighted by Gasteiger charge is 2.33. The lowest BCUT2D eigenvalue weighted by Gasteiger charge is -2.30. The number of aromatic amines is 1. The lowest BCUT2D eigenvalue weighted by Crippen LogP contribution is -2.29. The Morgan fingerprint density at radius 3 is 2.70 bits per heavy atom. The normalized spacial score (nSPS) is 13.3. The molecule has 3 N–H and O–H groups in total. The molecule has 0 saturated heterocycles. The van der Waals surface area contributed by atoms with E-state index in [0.717, 1.165) is 6.20 Å². The van der Waals surface area contributed by atoms with Crippen molar-refractivity contribution in [1.82, 2.24) is 9.97 Å². The molecule has 124 valence electrons.